The van der Waals surface area contributed by atoms with Crippen LogP contribution < -0.4 is 4.90 Å². The Morgan fingerprint density at radius 3 is 2.44 bits per heavy atom. The molecule has 1 aliphatic rings. The third-order valence-electron chi connectivity index (χ3n) is 4.34. The number of nitrogens with zero attached hydrogens (tertiary/aromatic N) is 2. The first kappa shape index (κ1) is 19.4. The van der Waals surface area contributed by atoms with Gasteiger partial charge in [0, 0.05) is 24.2 Å². The monoisotopic (exact) mass is 404 g/mol. The molecular weight excluding hydrogens is 387 g/mol. The lowest BCUT2D eigenvalue weighted by Crippen LogP contribution is -2.34. The first-order chi connectivity index (χ1) is 12.8. The van der Waals surface area contributed by atoms with Gasteiger partial charge in [-0.05, 0) is 36.8 Å². The summed E-state index contributed by atoms with van der Waals surface area (Å²) in [6, 6.07) is 11.9. The van der Waals surface area contributed by atoms with Crippen molar-refractivity contribution in [3.63, 3.8) is 0 Å². The van der Waals surface area contributed by atoms with Crippen molar-refractivity contribution in [1.82, 2.24) is 4.90 Å². The van der Waals surface area contributed by atoms with Crippen LogP contribution in [0.5, 0.6) is 0 Å². The summed E-state index contributed by atoms with van der Waals surface area (Å²) in [6.45, 7) is 1.93. The fraction of sp³-hybridized carbons (Fsp3) is 0.200. The number of carbonyl (C=O) groups is 2. The summed E-state index contributed by atoms with van der Waals surface area (Å²) in [5, 5.41) is 10.0. The van der Waals surface area contributed by atoms with Gasteiger partial charge >= 0.3 is 0 Å². The molecule has 0 saturated carbocycles. The molecule has 1 aliphatic heterocycles. The first-order valence-corrected chi connectivity index (χ1v) is 9.08. The van der Waals surface area contributed by atoms with Crippen LogP contribution >= 0.6 is 23.2 Å². The van der Waals surface area contributed by atoms with E-state index in [0.717, 1.165) is 10.5 Å². The summed E-state index contributed by atoms with van der Waals surface area (Å²) in [4.78, 5) is 29.1. The Hall–Kier alpha value is -2.34. The number of aryl methyl sites for hydroxylation is 1. The standard InChI is InChI=1S/C20H18Cl2N2O3/c1-12-4-3-5-14(10-12)24-19(26)17(15-7-6-13(21)11-16(15)22)18(20(24)27)23(2)8-9-25/h3-7,10-11,25H,8-9H2,1-2H3. The van der Waals surface area contributed by atoms with Crippen molar-refractivity contribution in [2.24, 2.45) is 0 Å². The van der Waals surface area contributed by atoms with E-state index in [0.29, 0.717) is 16.3 Å². The highest BCUT2D eigenvalue weighted by atomic mass is 35.5. The van der Waals surface area contributed by atoms with Crippen LogP contribution in [0.2, 0.25) is 10.0 Å². The molecule has 7 heteroatoms. The average molecular weight is 405 g/mol. The second-order valence-electron chi connectivity index (χ2n) is 6.28. The number of hydrogen-bond donors (Lipinski definition) is 1. The maximum absolute atomic E-state index is 13.3. The molecule has 1 N–H and O–H groups in total. The second-order valence-corrected chi connectivity index (χ2v) is 7.12. The molecule has 0 aromatic heterocycles. The molecule has 0 fully saturated rings. The second kappa shape index (κ2) is 7.72. The van der Waals surface area contributed by atoms with Gasteiger partial charge in [0.1, 0.15) is 5.70 Å². The Kier molecular flexibility index (Phi) is 5.56. The number of imide groups is 1. The highest BCUT2D eigenvalue weighted by Gasteiger charge is 2.42. The molecule has 2 aromatic carbocycles. The quantitative estimate of drug-likeness (QED) is 0.774. The Balaban J connectivity index is 2.18. The lowest BCUT2D eigenvalue weighted by atomic mass is 10.0. The third kappa shape index (κ3) is 3.58. The van der Waals surface area contributed by atoms with E-state index in [-0.39, 0.29) is 29.4 Å². The summed E-state index contributed by atoms with van der Waals surface area (Å²) in [5.74, 6) is -0.919. The largest absolute Gasteiger partial charge is 0.395 e. The van der Waals surface area contributed by atoms with Gasteiger partial charge < -0.3 is 10.0 Å². The SMILES string of the molecule is Cc1cccc(N2C(=O)C(c3ccc(Cl)cc3Cl)=C(N(C)CCO)C2=O)c1. The average Bonchev–Trinajstić information content (AvgIpc) is 2.86. The molecule has 2 amide bonds. The molecule has 1 heterocycles. The zero-order valence-electron chi connectivity index (χ0n) is 14.9. The molecule has 0 saturated heterocycles. The molecular formula is C20H18Cl2N2O3. The fourth-order valence-electron chi connectivity index (χ4n) is 3.07. The van der Waals surface area contributed by atoms with Gasteiger partial charge in [-0.2, -0.15) is 0 Å². The Morgan fingerprint density at radius 2 is 1.81 bits per heavy atom. The third-order valence-corrected chi connectivity index (χ3v) is 4.88. The topological polar surface area (TPSA) is 60.9 Å². The number of aliphatic hydroxyl groups excluding tert-OH is 1. The number of halogens is 2. The number of hydrogen-bond acceptors (Lipinski definition) is 4. The Bertz CT molecular complexity index is 956. The van der Waals surface area contributed by atoms with E-state index in [1.807, 2.05) is 13.0 Å². The van der Waals surface area contributed by atoms with Crippen LogP contribution in [0.15, 0.2) is 48.2 Å². The predicted octanol–water partition coefficient (Wildman–Crippen LogP) is 3.51. The summed E-state index contributed by atoms with van der Waals surface area (Å²) in [5.41, 5.74) is 2.23. The van der Waals surface area contributed by atoms with Gasteiger partial charge in [-0.1, -0.05) is 41.4 Å². The lowest BCUT2D eigenvalue weighted by Gasteiger charge is -2.20. The van der Waals surface area contributed by atoms with Crippen molar-refractivity contribution < 1.29 is 14.7 Å². The van der Waals surface area contributed by atoms with Gasteiger partial charge in [-0.3, -0.25) is 9.59 Å². The van der Waals surface area contributed by atoms with Crippen LogP contribution in [0.4, 0.5) is 5.69 Å². The van der Waals surface area contributed by atoms with E-state index < -0.39 is 11.8 Å². The minimum absolute atomic E-state index is 0.159. The predicted molar refractivity (Wildman–Crippen MR) is 107 cm³/mol. The lowest BCUT2D eigenvalue weighted by molar-refractivity contribution is -0.120. The molecule has 27 heavy (non-hydrogen) atoms. The van der Waals surface area contributed by atoms with Crippen LogP contribution in [0, 0.1) is 6.92 Å². The van der Waals surface area contributed by atoms with Crippen molar-refractivity contribution in [2.45, 2.75) is 6.92 Å². The van der Waals surface area contributed by atoms with Gasteiger partial charge in [-0.15, -0.1) is 0 Å². The maximum atomic E-state index is 13.3. The van der Waals surface area contributed by atoms with Gasteiger partial charge in [0.25, 0.3) is 11.8 Å². The molecule has 0 spiro atoms. The Labute approximate surface area is 167 Å². The summed E-state index contributed by atoms with van der Waals surface area (Å²) in [6.07, 6.45) is 0. The maximum Gasteiger partial charge on any atom is 0.282 e. The van der Waals surface area contributed by atoms with Crippen molar-refractivity contribution in [1.29, 1.82) is 0 Å². The highest BCUT2D eigenvalue weighted by molar-refractivity contribution is 6.47. The van der Waals surface area contributed by atoms with Crippen LogP contribution in [0.1, 0.15) is 11.1 Å². The van der Waals surface area contributed by atoms with Gasteiger partial charge in [0.2, 0.25) is 0 Å². The number of aliphatic hydroxyl groups is 1. The molecule has 2 aromatic rings. The summed E-state index contributed by atoms with van der Waals surface area (Å²) >= 11 is 12.3. The van der Waals surface area contributed by atoms with Crippen molar-refractivity contribution in [3.8, 4) is 0 Å². The first-order valence-electron chi connectivity index (χ1n) is 8.32. The fourth-order valence-corrected chi connectivity index (χ4v) is 3.57. The van der Waals surface area contributed by atoms with Gasteiger partial charge in [0.05, 0.1) is 22.9 Å². The van der Waals surface area contributed by atoms with E-state index in [1.54, 1.807) is 42.3 Å². The van der Waals surface area contributed by atoms with Crippen molar-refractivity contribution in [3.05, 3.63) is 69.3 Å². The number of anilines is 1. The van der Waals surface area contributed by atoms with E-state index in [1.165, 1.54) is 6.07 Å². The zero-order valence-corrected chi connectivity index (χ0v) is 16.4. The van der Waals surface area contributed by atoms with E-state index in [2.05, 4.69) is 0 Å². The number of likely N-dealkylation sites (N-methyl/N-ethyl adjacent to an activating group) is 1. The number of benzene rings is 2. The smallest absolute Gasteiger partial charge is 0.282 e. The molecule has 140 valence electrons. The van der Waals surface area contributed by atoms with E-state index >= 15 is 0 Å². The molecule has 3 rings (SSSR count). The van der Waals surface area contributed by atoms with Crippen LogP contribution in [0.3, 0.4) is 0 Å². The normalized spacial score (nSPS) is 14.3. The minimum atomic E-state index is -0.463. The van der Waals surface area contributed by atoms with Gasteiger partial charge in [-0.25, -0.2) is 4.90 Å². The molecule has 0 atom stereocenters. The number of carbonyl (C=O) groups excluding carboxylic acids is 2. The van der Waals surface area contributed by atoms with Crippen LogP contribution in [-0.2, 0) is 9.59 Å². The molecule has 0 radical (unpaired) electrons. The van der Waals surface area contributed by atoms with Crippen molar-refractivity contribution >= 4 is 46.3 Å². The van der Waals surface area contributed by atoms with E-state index in [4.69, 9.17) is 23.2 Å². The number of rotatable bonds is 5. The highest BCUT2D eigenvalue weighted by Crippen LogP contribution is 2.37. The number of amides is 2. The Morgan fingerprint density at radius 1 is 1.07 bits per heavy atom. The van der Waals surface area contributed by atoms with Crippen molar-refractivity contribution in [2.75, 3.05) is 25.1 Å². The minimum Gasteiger partial charge on any atom is -0.395 e. The van der Waals surface area contributed by atoms with Crippen LogP contribution in [0.25, 0.3) is 5.57 Å². The summed E-state index contributed by atoms with van der Waals surface area (Å²) < 4.78 is 0. The zero-order chi connectivity index (χ0) is 19.7. The summed E-state index contributed by atoms with van der Waals surface area (Å²) in [7, 11) is 1.65. The molecule has 5 nitrogen and oxygen atoms in total. The van der Waals surface area contributed by atoms with Crippen LogP contribution in [-0.4, -0.2) is 42.0 Å². The van der Waals surface area contributed by atoms with Gasteiger partial charge in [0.15, 0.2) is 0 Å². The molecule has 0 bridgehead atoms. The molecule has 0 aliphatic carbocycles. The molecule has 0 unspecified atom stereocenters. The van der Waals surface area contributed by atoms with E-state index in [9.17, 15) is 14.7 Å².